The summed E-state index contributed by atoms with van der Waals surface area (Å²) in [6, 6.07) is 0.251. The second-order valence-corrected chi connectivity index (χ2v) is 13.1. The molecule has 0 unspecified atom stereocenters. The van der Waals surface area contributed by atoms with E-state index in [0.717, 1.165) is 0 Å². The Bertz CT molecular complexity index is 367. The van der Waals surface area contributed by atoms with Crippen LogP contribution in [0.1, 0.15) is 34.1 Å². The molecular formula is C13H30O11Si2. The summed E-state index contributed by atoms with van der Waals surface area (Å²) in [5, 5.41) is 0. The van der Waals surface area contributed by atoms with Crippen LogP contribution in [0.25, 0.3) is 0 Å². The molecule has 26 heavy (non-hydrogen) atoms. The lowest BCUT2D eigenvalue weighted by Crippen LogP contribution is -2.77. The van der Waals surface area contributed by atoms with Crippen LogP contribution in [0.4, 0.5) is 0 Å². The molecule has 0 radical (unpaired) electrons. The summed E-state index contributed by atoms with van der Waals surface area (Å²) in [6.45, 7) is 7.95. The predicted molar refractivity (Wildman–Crippen MR) is 89.6 cm³/mol. The van der Waals surface area contributed by atoms with Gasteiger partial charge >= 0.3 is 16.4 Å². The van der Waals surface area contributed by atoms with Crippen molar-refractivity contribution in [2.45, 2.75) is 46.1 Å². The monoisotopic (exact) mass is 418 g/mol. The Hall–Kier alpha value is -0.00623. The largest absolute Gasteiger partial charge is 0.603 e. The molecule has 1 aliphatic rings. The zero-order valence-corrected chi connectivity index (χ0v) is 18.2. The van der Waals surface area contributed by atoms with E-state index in [1.165, 1.54) is 14.2 Å². The van der Waals surface area contributed by atoms with Crippen LogP contribution in [0.2, 0.25) is 6.04 Å². The second kappa shape index (κ2) is 11.8. The minimum atomic E-state index is -4.01. The van der Waals surface area contributed by atoms with E-state index in [9.17, 15) is 0 Å². The number of hydrogen-bond acceptors (Lipinski definition) is 11. The first kappa shape index (κ1) is 24.0. The molecule has 0 atom stereocenters. The van der Waals surface area contributed by atoms with Crippen molar-refractivity contribution in [3.63, 3.8) is 0 Å². The molecule has 0 aromatic rings. The Kier molecular flexibility index (Phi) is 10.9. The fourth-order valence-electron chi connectivity index (χ4n) is 2.13. The summed E-state index contributed by atoms with van der Waals surface area (Å²) in [5.41, 5.74) is 0. The van der Waals surface area contributed by atoms with Gasteiger partial charge in [0.15, 0.2) is 0 Å². The van der Waals surface area contributed by atoms with E-state index in [4.69, 9.17) is 51.8 Å². The van der Waals surface area contributed by atoms with Gasteiger partial charge in [-0.1, -0.05) is 0 Å². The third-order valence-corrected chi connectivity index (χ3v) is 12.1. The van der Waals surface area contributed by atoms with Crippen LogP contribution in [-0.2, 0) is 51.8 Å². The smallest absolute Gasteiger partial charge is 0.331 e. The lowest BCUT2D eigenvalue weighted by molar-refractivity contribution is -0.391. The van der Waals surface area contributed by atoms with Crippen LogP contribution in [-0.4, -0.2) is 63.0 Å². The lowest BCUT2D eigenvalue weighted by Gasteiger charge is -2.46. The SMILES string of the molecule is CCOO[Si]1(OOCC)CCC(OC)(OC)O[Si]1(OOCC)OOCC. The van der Waals surface area contributed by atoms with Gasteiger partial charge in [0.1, 0.15) is 0 Å². The van der Waals surface area contributed by atoms with Crippen molar-refractivity contribution >= 4 is 16.4 Å². The quantitative estimate of drug-likeness (QED) is 0.178. The van der Waals surface area contributed by atoms with Crippen molar-refractivity contribution < 1.29 is 51.8 Å². The van der Waals surface area contributed by atoms with Gasteiger partial charge in [-0.25, -0.2) is 37.9 Å². The molecule has 0 bridgehead atoms. The molecule has 1 rings (SSSR count). The molecule has 1 fully saturated rings. The molecule has 0 spiro atoms. The van der Waals surface area contributed by atoms with Crippen molar-refractivity contribution in [2.75, 3.05) is 40.6 Å². The van der Waals surface area contributed by atoms with Gasteiger partial charge in [0.2, 0.25) is 0 Å². The molecule has 1 saturated heterocycles. The average Bonchev–Trinajstić information content (AvgIpc) is 2.68. The number of rotatable bonds is 14. The maximum atomic E-state index is 6.03. The summed E-state index contributed by atoms with van der Waals surface area (Å²) < 4.78 is 39.2. The van der Waals surface area contributed by atoms with E-state index in [1.807, 2.05) is 0 Å². The topological polar surface area (TPSA) is 102 Å². The van der Waals surface area contributed by atoms with E-state index in [2.05, 4.69) is 0 Å². The van der Waals surface area contributed by atoms with E-state index < -0.39 is 22.4 Å². The second-order valence-electron chi connectivity index (χ2n) is 4.96. The standard InChI is InChI=1S/C13H30O11Si2/c1-7-16-21-25(22-17-8-2)12-11-13(14-5,15-6)20-26(25,23-18-9-3)24-19-10-4/h7-12H2,1-6H3. The minimum Gasteiger partial charge on any atom is -0.331 e. The maximum absolute atomic E-state index is 6.03. The molecule has 0 N–H and O–H groups in total. The molecule has 0 aromatic carbocycles. The van der Waals surface area contributed by atoms with Crippen molar-refractivity contribution in [3.8, 4) is 0 Å². The van der Waals surface area contributed by atoms with Gasteiger partial charge in [-0.2, -0.15) is 0 Å². The Labute approximate surface area is 155 Å². The number of methoxy groups -OCH3 is 2. The van der Waals surface area contributed by atoms with E-state index in [-0.39, 0.29) is 38.9 Å². The molecular weight excluding hydrogens is 388 g/mol. The Morgan fingerprint density at radius 1 is 0.731 bits per heavy atom. The summed E-state index contributed by atoms with van der Waals surface area (Å²) in [7, 11) is -4.72. The molecule has 0 aromatic heterocycles. The van der Waals surface area contributed by atoms with Gasteiger partial charge in [0, 0.05) is 26.7 Å². The molecule has 0 amide bonds. The maximum Gasteiger partial charge on any atom is 0.603 e. The molecule has 156 valence electrons. The summed E-state index contributed by atoms with van der Waals surface area (Å²) in [6.07, 6.45) is 0.256. The summed E-state index contributed by atoms with van der Waals surface area (Å²) in [4.78, 5) is 20.7. The molecule has 0 aliphatic carbocycles. The summed E-state index contributed by atoms with van der Waals surface area (Å²) >= 11 is 0. The fourth-order valence-corrected chi connectivity index (χ4v) is 10.1. The minimum absolute atomic E-state index is 0.217. The predicted octanol–water partition coefficient (Wildman–Crippen LogP) is 1.69. The Morgan fingerprint density at radius 3 is 1.54 bits per heavy atom. The van der Waals surface area contributed by atoms with E-state index in [1.54, 1.807) is 27.7 Å². The van der Waals surface area contributed by atoms with E-state index >= 15 is 0 Å². The van der Waals surface area contributed by atoms with Gasteiger partial charge in [-0.15, -0.1) is 0 Å². The first-order chi connectivity index (χ1) is 12.5. The third-order valence-electron chi connectivity index (χ3n) is 3.33. The van der Waals surface area contributed by atoms with Crippen molar-refractivity contribution in [1.82, 2.24) is 0 Å². The van der Waals surface area contributed by atoms with Gasteiger partial charge in [0.25, 0.3) is 5.97 Å². The fraction of sp³-hybridized carbons (Fsp3) is 1.00. The van der Waals surface area contributed by atoms with Crippen molar-refractivity contribution in [1.29, 1.82) is 0 Å². The van der Waals surface area contributed by atoms with Crippen molar-refractivity contribution in [2.24, 2.45) is 0 Å². The summed E-state index contributed by atoms with van der Waals surface area (Å²) in [5.74, 6) is -1.44. The average molecular weight is 419 g/mol. The highest BCUT2D eigenvalue weighted by Crippen LogP contribution is 2.43. The number of ether oxygens (including phenoxy) is 2. The van der Waals surface area contributed by atoms with E-state index in [0.29, 0.717) is 0 Å². The Morgan fingerprint density at radius 2 is 1.15 bits per heavy atom. The van der Waals surface area contributed by atoms with Gasteiger partial charge in [0.05, 0.1) is 26.4 Å². The molecule has 1 aliphatic heterocycles. The van der Waals surface area contributed by atoms with Crippen LogP contribution in [0, 0.1) is 0 Å². The van der Waals surface area contributed by atoms with Crippen LogP contribution >= 0.6 is 0 Å². The van der Waals surface area contributed by atoms with Crippen molar-refractivity contribution in [3.05, 3.63) is 0 Å². The third kappa shape index (κ3) is 5.51. The van der Waals surface area contributed by atoms with Crippen LogP contribution in [0.3, 0.4) is 0 Å². The first-order valence-electron chi connectivity index (χ1n) is 8.56. The number of hydrogen-bond donors (Lipinski definition) is 0. The zero-order valence-electron chi connectivity index (χ0n) is 16.2. The highest BCUT2D eigenvalue weighted by atomic mass is 29.3. The zero-order chi connectivity index (χ0) is 19.5. The highest BCUT2D eigenvalue weighted by Gasteiger charge is 2.79. The van der Waals surface area contributed by atoms with Gasteiger partial charge < -0.3 is 13.9 Å². The molecule has 11 nitrogen and oxygen atoms in total. The first-order valence-corrected chi connectivity index (χ1v) is 13.3. The van der Waals surface area contributed by atoms with Crippen LogP contribution in [0.5, 0.6) is 0 Å². The van der Waals surface area contributed by atoms with Crippen LogP contribution < -0.4 is 0 Å². The highest BCUT2D eigenvalue weighted by molar-refractivity contribution is 7.29. The van der Waals surface area contributed by atoms with Gasteiger partial charge in [-0.3, -0.25) is 0 Å². The molecule has 1 heterocycles. The van der Waals surface area contributed by atoms with Gasteiger partial charge in [-0.05, 0) is 27.7 Å². The Balaban J connectivity index is 3.32. The lowest BCUT2D eigenvalue weighted by atomic mass is 10.4. The molecule has 0 saturated carbocycles. The molecule has 13 heteroatoms. The normalized spacial score (nSPS) is 21.0. The van der Waals surface area contributed by atoms with Crippen LogP contribution in [0.15, 0.2) is 0 Å².